The molecule has 0 aliphatic rings. The number of benzene rings is 2. The van der Waals surface area contributed by atoms with Crippen molar-refractivity contribution >= 4 is 44.9 Å². The lowest BCUT2D eigenvalue weighted by atomic mass is 10.1. The summed E-state index contributed by atoms with van der Waals surface area (Å²) in [5.74, 6) is -1.18. The number of carbonyl (C=O) groups excluding carboxylic acids is 2. The van der Waals surface area contributed by atoms with Crippen LogP contribution < -0.4 is 9.62 Å². The van der Waals surface area contributed by atoms with Gasteiger partial charge in [-0.05, 0) is 36.8 Å². The minimum Gasteiger partial charge on any atom is -0.465 e. The molecule has 150 valence electrons. The van der Waals surface area contributed by atoms with Gasteiger partial charge in [0.15, 0.2) is 0 Å². The van der Waals surface area contributed by atoms with Gasteiger partial charge in [0, 0.05) is 5.69 Å². The van der Waals surface area contributed by atoms with E-state index in [0.29, 0.717) is 11.4 Å². The molecule has 9 heteroatoms. The summed E-state index contributed by atoms with van der Waals surface area (Å²) < 4.78 is 30.5. The van der Waals surface area contributed by atoms with Crippen LogP contribution >= 0.6 is 11.6 Å². The van der Waals surface area contributed by atoms with Crippen LogP contribution in [-0.2, 0) is 19.6 Å². The number of anilines is 2. The highest BCUT2D eigenvalue weighted by atomic mass is 35.5. The molecular formula is C19H21ClN2O5S. The molecule has 0 unspecified atom stereocenters. The van der Waals surface area contributed by atoms with Gasteiger partial charge in [-0.15, -0.1) is 0 Å². The highest BCUT2D eigenvalue weighted by Gasteiger charge is 2.31. The quantitative estimate of drug-likeness (QED) is 0.688. The second kappa shape index (κ2) is 9.07. The number of nitrogens with zero attached hydrogens (tertiary/aromatic N) is 1. The summed E-state index contributed by atoms with van der Waals surface area (Å²) in [6.45, 7) is 1.72. The molecule has 28 heavy (non-hydrogen) atoms. The number of ether oxygens (including phenoxy) is 1. The first-order valence-corrected chi connectivity index (χ1v) is 10.6. The summed E-state index contributed by atoms with van der Waals surface area (Å²) in [5, 5.41) is 2.83. The Morgan fingerprint density at radius 1 is 1.18 bits per heavy atom. The van der Waals surface area contributed by atoms with E-state index in [4.69, 9.17) is 11.6 Å². The molecule has 0 aliphatic heterocycles. The smallest absolute Gasteiger partial charge is 0.339 e. The van der Waals surface area contributed by atoms with Gasteiger partial charge < -0.3 is 10.1 Å². The van der Waals surface area contributed by atoms with Crippen molar-refractivity contribution in [1.29, 1.82) is 0 Å². The SMILES string of the molecule is CC[C@H](C(=O)Nc1ccc(Cl)c(C(=O)OC)c1)N(c1ccccc1)S(C)(=O)=O. The molecule has 0 saturated carbocycles. The third-order valence-corrected chi connectivity index (χ3v) is 5.49. The second-order valence-electron chi connectivity index (χ2n) is 5.99. The number of para-hydroxylation sites is 1. The van der Waals surface area contributed by atoms with Gasteiger partial charge in [0.25, 0.3) is 0 Å². The van der Waals surface area contributed by atoms with Gasteiger partial charge in [0.2, 0.25) is 15.9 Å². The van der Waals surface area contributed by atoms with E-state index in [1.54, 1.807) is 37.3 Å². The first kappa shape index (κ1) is 21.7. The van der Waals surface area contributed by atoms with E-state index in [9.17, 15) is 18.0 Å². The topological polar surface area (TPSA) is 92.8 Å². The van der Waals surface area contributed by atoms with Gasteiger partial charge in [0.05, 0.1) is 29.6 Å². The average molecular weight is 425 g/mol. The van der Waals surface area contributed by atoms with Crippen molar-refractivity contribution in [3.8, 4) is 0 Å². The summed E-state index contributed by atoms with van der Waals surface area (Å²) in [4.78, 5) is 24.7. The molecule has 0 heterocycles. The highest BCUT2D eigenvalue weighted by Crippen LogP contribution is 2.25. The maximum Gasteiger partial charge on any atom is 0.339 e. The summed E-state index contributed by atoms with van der Waals surface area (Å²) in [6, 6.07) is 11.8. The van der Waals surface area contributed by atoms with E-state index in [-0.39, 0.29) is 17.0 Å². The third kappa shape index (κ3) is 5.02. The fourth-order valence-corrected chi connectivity index (χ4v) is 4.14. The number of carbonyl (C=O) groups is 2. The largest absolute Gasteiger partial charge is 0.465 e. The number of amides is 1. The summed E-state index contributed by atoms with van der Waals surface area (Å²) in [7, 11) is -2.50. The van der Waals surface area contributed by atoms with Crippen LogP contribution in [0.1, 0.15) is 23.7 Å². The zero-order valence-corrected chi connectivity index (χ0v) is 17.3. The van der Waals surface area contributed by atoms with E-state index < -0.39 is 27.9 Å². The number of sulfonamides is 1. The maximum absolute atomic E-state index is 12.9. The van der Waals surface area contributed by atoms with Crippen LogP contribution in [-0.4, -0.2) is 39.7 Å². The Hall–Kier alpha value is -2.58. The van der Waals surface area contributed by atoms with Crippen LogP contribution in [0.25, 0.3) is 0 Å². The average Bonchev–Trinajstić information content (AvgIpc) is 2.66. The summed E-state index contributed by atoms with van der Waals surface area (Å²) in [6.07, 6.45) is 1.29. The van der Waals surface area contributed by atoms with Crippen LogP contribution in [0.15, 0.2) is 48.5 Å². The number of esters is 1. The van der Waals surface area contributed by atoms with E-state index in [1.165, 1.54) is 25.3 Å². The molecule has 7 nitrogen and oxygen atoms in total. The Morgan fingerprint density at radius 3 is 2.36 bits per heavy atom. The molecule has 0 bridgehead atoms. The fourth-order valence-electron chi connectivity index (χ4n) is 2.73. The predicted molar refractivity (Wildman–Crippen MR) is 109 cm³/mol. The number of hydrogen-bond acceptors (Lipinski definition) is 5. The van der Waals surface area contributed by atoms with Crippen molar-refractivity contribution in [3.63, 3.8) is 0 Å². The molecule has 0 saturated heterocycles. The van der Waals surface area contributed by atoms with Crippen LogP contribution in [0.2, 0.25) is 5.02 Å². The van der Waals surface area contributed by atoms with Gasteiger partial charge >= 0.3 is 5.97 Å². The molecule has 1 amide bonds. The van der Waals surface area contributed by atoms with Crippen LogP contribution in [0.3, 0.4) is 0 Å². The first-order chi connectivity index (χ1) is 13.2. The van der Waals surface area contributed by atoms with E-state index in [2.05, 4.69) is 10.1 Å². The van der Waals surface area contributed by atoms with E-state index in [0.717, 1.165) is 10.6 Å². The minimum absolute atomic E-state index is 0.0954. The molecule has 0 aliphatic carbocycles. The van der Waals surface area contributed by atoms with Crippen molar-refractivity contribution in [2.24, 2.45) is 0 Å². The Labute approximate surface area is 169 Å². The zero-order valence-electron chi connectivity index (χ0n) is 15.7. The summed E-state index contributed by atoms with van der Waals surface area (Å²) in [5.41, 5.74) is 0.783. The van der Waals surface area contributed by atoms with Crippen molar-refractivity contribution < 1.29 is 22.7 Å². The lowest BCUT2D eigenvalue weighted by molar-refractivity contribution is -0.117. The molecule has 2 aromatic carbocycles. The van der Waals surface area contributed by atoms with Gasteiger partial charge in [0.1, 0.15) is 6.04 Å². The van der Waals surface area contributed by atoms with Gasteiger partial charge in [-0.3, -0.25) is 9.10 Å². The van der Waals surface area contributed by atoms with Crippen LogP contribution in [0.5, 0.6) is 0 Å². The van der Waals surface area contributed by atoms with Gasteiger partial charge in [-0.25, -0.2) is 13.2 Å². The molecule has 2 aromatic rings. The first-order valence-electron chi connectivity index (χ1n) is 8.42. The lowest BCUT2D eigenvalue weighted by Gasteiger charge is -2.30. The molecular weight excluding hydrogens is 404 g/mol. The molecule has 1 N–H and O–H groups in total. The predicted octanol–water partition coefficient (Wildman–Crippen LogP) is 3.31. The number of nitrogens with one attached hydrogen (secondary N) is 1. The minimum atomic E-state index is -3.72. The van der Waals surface area contributed by atoms with Crippen molar-refractivity contribution in [2.45, 2.75) is 19.4 Å². The zero-order chi connectivity index (χ0) is 20.9. The van der Waals surface area contributed by atoms with Crippen LogP contribution in [0.4, 0.5) is 11.4 Å². The molecule has 0 aromatic heterocycles. The molecule has 0 radical (unpaired) electrons. The number of hydrogen-bond donors (Lipinski definition) is 1. The monoisotopic (exact) mass is 424 g/mol. The van der Waals surface area contributed by atoms with Gasteiger partial charge in [-0.2, -0.15) is 0 Å². The Kier molecular flexibility index (Phi) is 7.04. The molecule has 2 rings (SSSR count). The molecule has 0 spiro atoms. The van der Waals surface area contributed by atoms with Crippen molar-refractivity contribution in [3.05, 3.63) is 59.1 Å². The fraction of sp³-hybridized carbons (Fsp3) is 0.263. The van der Waals surface area contributed by atoms with Gasteiger partial charge in [-0.1, -0.05) is 36.7 Å². The second-order valence-corrected chi connectivity index (χ2v) is 8.26. The highest BCUT2D eigenvalue weighted by molar-refractivity contribution is 7.92. The van der Waals surface area contributed by atoms with E-state index in [1.807, 2.05) is 0 Å². The van der Waals surface area contributed by atoms with Crippen molar-refractivity contribution in [2.75, 3.05) is 23.0 Å². The third-order valence-electron chi connectivity index (χ3n) is 3.98. The Bertz CT molecular complexity index is 964. The number of halogens is 1. The lowest BCUT2D eigenvalue weighted by Crippen LogP contribution is -2.47. The standard InChI is InChI=1S/C19H21ClN2O5S/c1-4-17(22(28(3,25)26)14-8-6-5-7-9-14)18(23)21-13-10-11-16(20)15(12-13)19(24)27-2/h5-12,17H,4H2,1-3H3,(H,21,23)/t17-/m1/s1. The Morgan fingerprint density at radius 2 is 1.82 bits per heavy atom. The van der Waals surface area contributed by atoms with Crippen molar-refractivity contribution in [1.82, 2.24) is 0 Å². The number of rotatable bonds is 7. The molecule has 0 fully saturated rings. The van der Waals surface area contributed by atoms with Crippen LogP contribution in [0, 0.1) is 0 Å². The molecule has 1 atom stereocenters. The maximum atomic E-state index is 12.9. The summed E-state index contributed by atoms with van der Waals surface area (Å²) >= 11 is 5.99. The number of methoxy groups -OCH3 is 1. The van der Waals surface area contributed by atoms with E-state index >= 15 is 0 Å². The Balaban J connectivity index is 2.36. The normalized spacial score (nSPS) is 12.1.